The summed E-state index contributed by atoms with van der Waals surface area (Å²) in [5.41, 5.74) is 1.21. The van der Waals surface area contributed by atoms with Crippen molar-refractivity contribution in [2.24, 2.45) is 11.8 Å². The van der Waals surface area contributed by atoms with Crippen molar-refractivity contribution in [3.8, 4) is 0 Å². The monoisotopic (exact) mass is 182 g/mol. The van der Waals surface area contributed by atoms with Crippen LogP contribution in [0, 0.1) is 11.8 Å². The zero-order valence-electron chi connectivity index (χ0n) is 8.51. The Morgan fingerprint density at radius 1 is 1.54 bits per heavy atom. The molecule has 0 spiro atoms. The fourth-order valence-corrected chi connectivity index (χ4v) is 2.23. The quantitative estimate of drug-likeness (QED) is 0.495. The smallest absolute Gasteiger partial charge is 0.305 e. The van der Waals surface area contributed by atoms with Crippen molar-refractivity contribution in [3.05, 3.63) is 12.2 Å². The Balaban J connectivity index is 2.48. The van der Waals surface area contributed by atoms with Crippen molar-refractivity contribution < 1.29 is 9.53 Å². The highest BCUT2D eigenvalue weighted by Crippen LogP contribution is 2.38. The SMILES string of the molecule is C=C(C)[C@H]1CCC[C@@H]1CC(=O)OC. The van der Waals surface area contributed by atoms with Gasteiger partial charge in [0.25, 0.3) is 0 Å². The molecule has 0 aromatic carbocycles. The van der Waals surface area contributed by atoms with E-state index in [4.69, 9.17) is 0 Å². The van der Waals surface area contributed by atoms with Gasteiger partial charge in [0, 0.05) is 6.42 Å². The first kappa shape index (κ1) is 10.3. The average molecular weight is 182 g/mol. The van der Waals surface area contributed by atoms with E-state index in [2.05, 4.69) is 18.2 Å². The molecule has 2 heteroatoms. The molecule has 1 aliphatic carbocycles. The molecule has 1 rings (SSSR count). The summed E-state index contributed by atoms with van der Waals surface area (Å²) >= 11 is 0. The molecule has 0 aromatic rings. The van der Waals surface area contributed by atoms with Crippen LogP contribution in [0.3, 0.4) is 0 Å². The molecule has 13 heavy (non-hydrogen) atoms. The minimum Gasteiger partial charge on any atom is -0.469 e. The molecule has 0 saturated heterocycles. The van der Waals surface area contributed by atoms with E-state index in [1.807, 2.05) is 0 Å². The van der Waals surface area contributed by atoms with Gasteiger partial charge in [-0.15, -0.1) is 0 Å². The molecule has 0 radical (unpaired) electrons. The van der Waals surface area contributed by atoms with E-state index < -0.39 is 0 Å². The summed E-state index contributed by atoms with van der Waals surface area (Å²) in [5.74, 6) is 0.933. The summed E-state index contributed by atoms with van der Waals surface area (Å²) in [7, 11) is 1.45. The lowest BCUT2D eigenvalue weighted by molar-refractivity contribution is -0.141. The van der Waals surface area contributed by atoms with Crippen LogP contribution >= 0.6 is 0 Å². The Hall–Kier alpha value is -0.790. The molecule has 74 valence electrons. The van der Waals surface area contributed by atoms with E-state index in [1.54, 1.807) is 0 Å². The number of hydrogen-bond acceptors (Lipinski definition) is 2. The highest BCUT2D eigenvalue weighted by atomic mass is 16.5. The van der Waals surface area contributed by atoms with Crippen LogP contribution in [-0.4, -0.2) is 13.1 Å². The van der Waals surface area contributed by atoms with Crippen LogP contribution in [0.25, 0.3) is 0 Å². The zero-order chi connectivity index (χ0) is 9.84. The second-order valence-corrected chi connectivity index (χ2v) is 3.92. The third kappa shape index (κ3) is 2.58. The Kier molecular flexibility index (Phi) is 3.52. The number of carbonyl (C=O) groups excluding carboxylic acids is 1. The molecular weight excluding hydrogens is 164 g/mol. The van der Waals surface area contributed by atoms with Crippen molar-refractivity contribution in [1.29, 1.82) is 0 Å². The van der Waals surface area contributed by atoms with E-state index in [1.165, 1.54) is 25.5 Å². The van der Waals surface area contributed by atoms with Crippen molar-refractivity contribution in [2.45, 2.75) is 32.6 Å². The largest absolute Gasteiger partial charge is 0.469 e. The average Bonchev–Trinajstić information content (AvgIpc) is 2.52. The molecule has 1 aliphatic rings. The number of hydrogen-bond donors (Lipinski definition) is 0. The van der Waals surface area contributed by atoms with Gasteiger partial charge in [-0.1, -0.05) is 18.6 Å². The second kappa shape index (κ2) is 4.45. The van der Waals surface area contributed by atoms with E-state index in [0.29, 0.717) is 18.3 Å². The van der Waals surface area contributed by atoms with Gasteiger partial charge in [-0.05, 0) is 31.6 Å². The maximum atomic E-state index is 11.1. The molecule has 0 unspecified atom stereocenters. The molecule has 0 aliphatic heterocycles. The highest BCUT2D eigenvalue weighted by molar-refractivity contribution is 5.69. The van der Waals surface area contributed by atoms with Crippen LogP contribution in [0.4, 0.5) is 0 Å². The van der Waals surface area contributed by atoms with Gasteiger partial charge in [0.2, 0.25) is 0 Å². The lowest BCUT2D eigenvalue weighted by Crippen LogP contribution is -2.14. The first-order chi connectivity index (χ1) is 6.15. The summed E-state index contributed by atoms with van der Waals surface area (Å²) in [4.78, 5) is 11.1. The molecule has 1 saturated carbocycles. The Morgan fingerprint density at radius 2 is 2.23 bits per heavy atom. The number of ether oxygens (including phenoxy) is 1. The molecule has 0 bridgehead atoms. The number of rotatable bonds is 3. The standard InChI is InChI=1S/C11H18O2/c1-8(2)10-6-4-5-9(10)7-11(12)13-3/h9-10H,1,4-7H2,2-3H3/t9-,10-/m1/s1. The summed E-state index contributed by atoms with van der Waals surface area (Å²) in [5, 5.41) is 0. The molecule has 1 fully saturated rings. The van der Waals surface area contributed by atoms with Gasteiger partial charge in [0.15, 0.2) is 0 Å². The van der Waals surface area contributed by atoms with Crippen LogP contribution in [0.5, 0.6) is 0 Å². The van der Waals surface area contributed by atoms with Crippen molar-refractivity contribution in [1.82, 2.24) is 0 Å². The van der Waals surface area contributed by atoms with Gasteiger partial charge in [0.1, 0.15) is 0 Å². The minimum absolute atomic E-state index is 0.0850. The van der Waals surface area contributed by atoms with Gasteiger partial charge in [-0.3, -0.25) is 4.79 Å². The Bertz CT molecular complexity index is 208. The van der Waals surface area contributed by atoms with Crippen LogP contribution in [0.2, 0.25) is 0 Å². The number of carbonyl (C=O) groups is 1. The highest BCUT2D eigenvalue weighted by Gasteiger charge is 2.29. The van der Waals surface area contributed by atoms with Crippen LogP contribution in [0.15, 0.2) is 12.2 Å². The normalized spacial score (nSPS) is 27.2. The topological polar surface area (TPSA) is 26.3 Å². The molecule has 0 amide bonds. The molecule has 0 heterocycles. The Morgan fingerprint density at radius 3 is 2.77 bits per heavy atom. The van der Waals surface area contributed by atoms with Crippen LogP contribution < -0.4 is 0 Å². The van der Waals surface area contributed by atoms with Gasteiger partial charge in [-0.2, -0.15) is 0 Å². The fourth-order valence-electron chi connectivity index (χ4n) is 2.23. The summed E-state index contributed by atoms with van der Waals surface area (Å²) in [6.07, 6.45) is 4.12. The van der Waals surface area contributed by atoms with E-state index in [-0.39, 0.29) is 5.97 Å². The summed E-state index contributed by atoms with van der Waals surface area (Å²) in [6, 6.07) is 0. The summed E-state index contributed by atoms with van der Waals surface area (Å²) in [6.45, 7) is 6.02. The van der Waals surface area contributed by atoms with E-state index >= 15 is 0 Å². The van der Waals surface area contributed by atoms with Gasteiger partial charge < -0.3 is 4.74 Å². The lowest BCUT2D eigenvalue weighted by Gasteiger charge is -2.18. The first-order valence-electron chi connectivity index (χ1n) is 4.87. The lowest BCUT2D eigenvalue weighted by atomic mass is 9.88. The van der Waals surface area contributed by atoms with Crippen molar-refractivity contribution in [2.75, 3.05) is 7.11 Å². The van der Waals surface area contributed by atoms with Crippen LogP contribution in [-0.2, 0) is 9.53 Å². The molecule has 0 N–H and O–H groups in total. The Labute approximate surface area is 80.0 Å². The van der Waals surface area contributed by atoms with E-state index in [9.17, 15) is 4.79 Å². The number of methoxy groups -OCH3 is 1. The van der Waals surface area contributed by atoms with Gasteiger partial charge in [0.05, 0.1) is 7.11 Å². The number of esters is 1. The zero-order valence-corrected chi connectivity index (χ0v) is 8.51. The second-order valence-electron chi connectivity index (χ2n) is 3.92. The third-order valence-corrected chi connectivity index (χ3v) is 2.95. The van der Waals surface area contributed by atoms with Crippen molar-refractivity contribution in [3.63, 3.8) is 0 Å². The minimum atomic E-state index is -0.0850. The molecule has 2 atom stereocenters. The fraction of sp³-hybridized carbons (Fsp3) is 0.727. The van der Waals surface area contributed by atoms with Crippen molar-refractivity contribution >= 4 is 5.97 Å². The molecule has 0 aromatic heterocycles. The first-order valence-corrected chi connectivity index (χ1v) is 4.87. The maximum absolute atomic E-state index is 11.1. The predicted molar refractivity (Wildman–Crippen MR) is 52.3 cm³/mol. The van der Waals surface area contributed by atoms with Gasteiger partial charge >= 0.3 is 5.97 Å². The predicted octanol–water partition coefficient (Wildman–Crippen LogP) is 2.54. The molecular formula is C11H18O2. The maximum Gasteiger partial charge on any atom is 0.305 e. The van der Waals surface area contributed by atoms with Crippen LogP contribution in [0.1, 0.15) is 32.6 Å². The van der Waals surface area contributed by atoms with E-state index in [0.717, 1.165) is 6.42 Å². The third-order valence-electron chi connectivity index (χ3n) is 2.95. The number of allylic oxidation sites excluding steroid dienone is 1. The molecule has 2 nitrogen and oxygen atoms in total. The summed E-state index contributed by atoms with van der Waals surface area (Å²) < 4.78 is 4.67. The van der Waals surface area contributed by atoms with Gasteiger partial charge in [-0.25, -0.2) is 0 Å².